The minimum Gasteiger partial charge on any atom is -0.311 e. The lowest BCUT2D eigenvalue weighted by Crippen LogP contribution is -2.13. The molecule has 1 amide bonds. The van der Waals surface area contributed by atoms with Gasteiger partial charge in [-0.3, -0.25) is 4.79 Å². The molecule has 0 spiro atoms. The number of anilines is 1. The van der Waals surface area contributed by atoms with Gasteiger partial charge in [-0.15, -0.1) is 24.2 Å². The van der Waals surface area contributed by atoms with Crippen molar-refractivity contribution in [2.75, 3.05) is 5.32 Å². The smallest absolute Gasteiger partial charge is 0.225 e. The van der Waals surface area contributed by atoms with E-state index in [0.29, 0.717) is 12.2 Å². The molecule has 0 atom stereocenters. The Morgan fingerprint density at radius 3 is 2.15 bits per heavy atom. The summed E-state index contributed by atoms with van der Waals surface area (Å²) in [5, 5.41) is 2.85. The quantitative estimate of drug-likeness (QED) is 0.557. The third-order valence-electron chi connectivity index (χ3n) is 3.74. The Balaban J connectivity index is 0.00000243. The summed E-state index contributed by atoms with van der Waals surface area (Å²) in [6.07, 6.45) is 2.99. The third kappa shape index (κ3) is 6.54. The molecule has 134 valence electrons. The van der Waals surface area contributed by atoms with E-state index in [1.54, 1.807) is 18.0 Å². The predicted octanol–water partition coefficient (Wildman–Crippen LogP) is 5.37. The van der Waals surface area contributed by atoms with Gasteiger partial charge in [-0.1, -0.05) is 60.7 Å². The summed E-state index contributed by atoms with van der Waals surface area (Å²) in [5.41, 5.74) is 2.45. The predicted molar refractivity (Wildman–Crippen MR) is 111 cm³/mol. The van der Waals surface area contributed by atoms with E-state index in [4.69, 9.17) is 0 Å². The van der Waals surface area contributed by atoms with Crippen molar-refractivity contribution in [1.29, 1.82) is 0 Å². The Hall–Kier alpha value is -2.30. The molecule has 2 aromatic carbocycles. The molecular weight excluding hydrogens is 364 g/mol. The number of carbonyl (C=O) groups is 1. The number of nitrogens with one attached hydrogen (secondary N) is 1. The van der Waals surface area contributed by atoms with E-state index in [9.17, 15) is 4.79 Å². The molecular formula is C21H21ClN2OS. The van der Waals surface area contributed by atoms with Crippen LogP contribution in [0.2, 0.25) is 0 Å². The molecule has 1 N–H and O–H groups in total. The number of carbonyl (C=O) groups excluding carboxylic acids is 1. The zero-order valence-corrected chi connectivity index (χ0v) is 15.9. The normalized spacial score (nSPS) is 10.0. The van der Waals surface area contributed by atoms with Crippen molar-refractivity contribution in [3.05, 3.63) is 90.1 Å². The summed E-state index contributed by atoms with van der Waals surface area (Å²) in [5.74, 6) is 1.49. The highest BCUT2D eigenvalue weighted by atomic mass is 35.5. The minimum absolute atomic E-state index is 0. The van der Waals surface area contributed by atoms with Gasteiger partial charge in [0.1, 0.15) is 5.82 Å². The van der Waals surface area contributed by atoms with E-state index in [2.05, 4.69) is 22.4 Å². The molecule has 0 aliphatic heterocycles. The number of hydrogen-bond acceptors (Lipinski definition) is 3. The first kappa shape index (κ1) is 20.0. The van der Waals surface area contributed by atoms with Crippen molar-refractivity contribution in [3.8, 4) is 0 Å². The summed E-state index contributed by atoms with van der Waals surface area (Å²) >= 11 is 1.73. The van der Waals surface area contributed by atoms with Crippen LogP contribution in [0, 0.1) is 0 Å². The molecule has 0 radical (unpaired) electrons. The van der Waals surface area contributed by atoms with Gasteiger partial charge in [0.15, 0.2) is 0 Å². The van der Waals surface area contributed by atoms with E-state index in [1.165, 1.54) is 11.1 Å². The number of aryl methyl sites for hydroxylation is 1. The van der Waals surface area contributed by atoms with E-state index < -0.39 is 0 Å². The molecule has 0 bridgehead atoms. The Kier molecular flexibility index (Phi) is 8.19. The van der Waals surface area contributed by atoms with Crippen molar-refractivity contribution >= 4 is 35.9 Å². The van der Waals surface area contributed by atoms with Crippen LogP contribution < -0.4 is 5.32 Å². The van der Waals surface area contributed by atoms with Crippen LogP contribution in [0.4, 0.5) is 5.82 Å². The largest absolute Gasteiger partial charge is 0.311 e. The average molecular weight is 385 g/mol. The van der Waals surface area contributed by atoms with Crippen LogP contribution in [0.25, 0.3) is 0 Å². The second-order valence-electron chi connectivity index (χ2n) is 5.69. The molecule has 1 heterocycles. The van der Waals surface area contributed by atoms with Gasteiger partial charge in [-0.05, 0) is 29.7 Å². The van der Waals surface area contributed by atoms with E-state index in [1.807, 2.05) is 60.7 Å². The minimum atomic E-state index is -0.0129. The Morgan fingerprint density at radius 2 is 1.54 bits per heavy atom. The summed E-state index contributed by atoms with van der Waals surface area (Å²) < 4.78 is 0. The van der Waals surface area contributed by atoms with Crippen LogP contribution in [0.1, 0.15) is 17.5 Å². The van der Waals surface area contributed by atoms with Gasteiger partial charge in [0, 0.05) is 23.3 Å². The standard InChI is InChI=1S/C21H20N2OS.ClH/c24-21(14-11-17-7-3-1-4-8-17)23-20-13-12-19(15-22-20)25-16-18-9-5-2-6-10-18;/h1-10,12-13,15H,11,14,16H2,(H,22,23,24);1H. The van der Waals surface area contributed by atoms with Gasteiger partial charge in [-0.25, -0.2) is 4.98 Å². The van der Waals surface area contributed by atoms with Gasteiger partial charge in [0.05, 0.1) is 0 Å². The lowest BCUT2D eigenvalue weighted by Gasteiger charge is -2.06. The van der Waals surface area contributed by atoms with Crippen LogP contribution >= 0.6 is 24.2 Å². The first-order valence-electron chi connectivity index (χ1n) is 8.26. The number of thioether (sulfide) groups is 1. The summed E-state index contributed by atoms with van der Waals surface area (Å²) in [6.45, 7) is 0. The highest BCUT2D eigenvalue weighted by Gasteiger charge is 2.04. The Labute approximate surface area is 164 Å². The van der Waals surface area contributed by atoms with Gasteiger partial charge in [-0.2, -0.15) is 0 Å². The van der Waals surface area contributed by atoms with Crippen LogP contribution in [-0.4, -0.2) is 10.9 Å². The van der Waals surface area contributed by atoms with Gasteiger partial charge >= 0.3 is 0 Å². The SMILES string of the molecule is Cl.O=C(CCc1ccccc1)Nc1ccc(SCc2ccccc2)cn1. The number of aromatic nitrogens is 1. The highest BCUT2D eigenvalue weighted by Crippen LogP contribution is 2.22. The lowest BCUT2D eigenvalue weighted by molar-refractivity contribution is -0.116. The molecule has 3 nitrogen and oxygen atoms in total. The molecule has 0 saturated carbocycles. The maximum Gasteiger partial charge on any atom is 0.225 e. The lowest BCUT2D eigenvalue weighted by atomic mass is 10.1. The number of nitrogens with zero attached hydrogens (tertiary/aromatic N) is 1. The third-order valence-corrected chi connectivity index (χ3v) is 4.79. The molecule has 3 rings (SSSR count). The first-order valence-corrected chi connectivity index (χ1v) is 9.25. The molecule has 0 saturated heterocycles. The molecule has 0 unspecified atom stereocenters. The van der Waals surface area contributed by atoms with Crippen molar-refractivity contribution < 1.29 is 4.79 Å². The summed E-state index contributed by atoms with van der Waals surface area (Å²) in [4.78, 5) is 17.4. The zero-order chi connectivity index (χ0) is 17.3. The number of halogens is 1. The summed E-state index contributed by atoms with van der Waals surface area (Å²) in [7, 11) is 0. The maximum atomic E-state index is 12.0. The molecule has 1 aromatic heterocycles. The second-order valence-corrected chi connectivity index (χ2v) is 6.74. The number of rotatable bonds is 7. The fourth-order valence-corrected chi connectivity index (χ4v) is 3.21. The Morgan fingerprint density at radius 1 is 0.885 bits per heavy atom. The van der Waals surface area contributed by atoms with Crippen LogP contribution in [0.3, 0.4) is 0 Å². The molecule has 0 fully saturated rings. The fraction of sp³-hybridized carbons (Fsp3) is 0.143. The van der Waals surface area contributed by atoms with Crippen molar-refractivity contribution in [3.63, 3.8) is 0 Å². The monoisotopic (exact) mass is 384 g/mol. The number of pyridine rings is 1. The number of amides is 1. The number of benzene rings is 2. The molecule has 3 aromatic rings. The van der Waals surface area contributed by atoms with Crippen LogP contribution in [0.5, 0.6) is 0 Å². The van der Waals surface area contributed by atoms with Crippen molar-refractivity contribution in [2.45, 2.75) is 23.5 Å². The van der Waals surface area contributed by atoms with Crippen molar-refractivity contribution in [1.82, 2.24) is 4.98 Å². The summed E-state index contributed by atoms with van der Waals surface area (Å²) in [6, 6.07) is 24.2. The maximum absolute atomic E-state index is 12.0. The fourth-order valence-electron chi connectivity index (χ4n) is 2.39. The van der Waals surface area contributed by atoms with Crippen LogP contribution in [0.15, 0.2) is 83.9 Å². The zero-order valence-electron chi connectivity index (χ0n) is 14.3. The topological polar surface area (TPSA) is 42.0 Å². The molecule has 26 heavy (non-hydrogen) atoms. The van der Waals surface area contributed by atoms with E-state index in [-0.39, 0.29) is 18.3 Å². The van der Waals surface area contributed by atoms with E-state index >= 15 is 0 Å². The van der Waals surface area contributed by atoms with Gasteiger partial charge < -0.3 is 5.32 Å². The Bertz CT molecular complexity index is 795. The van der Waals surface area contributed by atoms with E-state index in [0.717, 1.165) is 17.1 Å². The van der Waals surface area contributed by atoms with Crippen molar-refractivity contribution in [2.24, 2.45) is 0 Å². The van der Waals surface area contributed by atoms with Gasteiger partial charge in [0.25, 0.3) is 0 Å². The van der Waals surface area contributed by atoms with Crippen LogP contribution in [-0.2, 0) is 17.0 Å². The molecule has 0 aliphatic rings. The second kappa shape index (κ2) is 10.6. The molecule has 0 aliphatic carbocycles. The first-order chi connectivity index (χ1) is 12.3. The molecule has 5 heteroatoms. The number of hydrogen-bond donors (Lipinski definition) is 1. The highest BCUT2D eigenvalue weighted by molar-refractivity contribution is 7.98. The van der Waals surface area contributed by atoms with Gasteiger partial charge in [0.2, 0.25) is 5.91 Å². The average Bonchev–Trinajstić information content (AvgIpc) is 2.67.